The predicted octanol–water partition coefficient (Wildman–Crippen LogP) is 23.5. The average Bonchev–Trinajstić information content (AvgIpc) is 3.70. The lowest BCUT2D eigenvalue weighted by Gasteiger charge is -2.15. The minimum Gasteiger partial charge on any atom is -0.493 e. The van der Waals surface area contributed by atoms with Gasteiger partial charge in [-0.25, -0.2) is 4.70 Å². The maximum absolute atomic E-state index is 12.4. The SMILES string of the molecule is CCCCCCCCCCCCCCCCCCCc1cc(CCCCC)cc(C2=CC(CCCC)=C(c3cc(CCCCC)cc(CCCCCCCCCCCCCCCCCCC)c3)[N+]2=[N-])c1. The molecule has 0 fully saturated rings. The Morgan fingerprint density at radius 1 is 0.271 bits per heavy atom. The van der Waals surface area contributed by atoms with Crippen molar-refractivity contribution in [3.05, 3.63) is 87.0 Å². The number of hydrogen-bond donors (Lipinski definition) is 0. The van der Waals surface area contributed by atoms with Gasteiger partial charge in [0.2, 0.25) is 11.4 Å². The van der Waals surface area contributed by atoms with Gasteiger partial charge >= 0.3 is 0 Å². The van der Waals surface area contributed by atoms with Crippen molar-refractivity contribution in [2.75, 3.05) is 0 Å². The molecule has 0 N–H and O–H groups in total. The molecule has 70 heavy (non-hydrogen) atoms. The van der Waals surface area contributed by atoms with E-state index in [4.69, 9.17) is 0 Å². The van der Waals surface area contributed by atoms with Crippen molar-refractivity contribution < 1.29 is 4.70 Å². The minimum absolute atomic E-state index is 0.980. The van der Waals surface area contributed by atoms with Crippen LogP contribution in [0.1, 0.15) is 344 Å². The van der Waals surface area contributed by atoms with Crippen LogP contribution in [0.5, 0.6) is 0 Å². The van der Waals surface area contributed by atoms with E-state index >= 15 is 0 Å². The summed E-state index contributed by atoms with van der Waals surface area (Å²) in [6.45, 7) is 11.5. The number of nitrogens with zero attached hydrogens (tertiary/aromatic N) is 2. The first kappa shape index (κ1) is 61.8. The fraction of sp³-hybridized carbons (Fsp3) is 0.765. The molecule has 2 nitrogen and oxygen atoms in total. The lowest BCUT2D eigenvalue weighted by molar-refractivity contribution is -0.344. The number of rotatable bonds is 49. The number of benzene rings is 2. The predicted molar refractivity (Wildman–Crippen MR) is 313 cm³/mol. The van der Waals surface area contributed by atoms with E-state index in [9.17, 15) is 5.53 Å². The molecule has 3 rings (SSSR count). The second-order valence-electron chi connectivity index (χ2n) is 22.6. The molecule has 1 aliphatic rings. The summed E-state index contributed by atoms with van der Waals surface area (Å²) >= 11 is 0. The van der Waals surface area contributed by atoms with Gasteiger partial charge in [0.25, 0.3) is 0 Å². The first-order chi connectivity index (χ1) is 34.5. The second-order valence-corrected chi connectivity index (χ2v) is 22.6. The number of hydrogen-bond acceptors (Lipinski definition) is 0. The van der Waals surface area contributed by atoms with E-state index in [1.54, 1.807) is 4.70 Å². The molecule has 1 aliphatic heterocycles. The summed E-state index contributed by atoms with van der Waals surface area (Å²) in [7, 11) is 0. The molecule has 0 aliphatic carbocycles. The van der Waals surface area contributed by atoms with Crippen LogP contribution >= 0.6 is 0 Å². The van der Waals surface area contributed by atoms with Gasteiger partial charge in [-0.15, -0.1) is 0 Å². The Labute approximate surface area is 437 Å². The number of aryl methyl sites for hydroxylation is 4. The molecule has 0 radical (unpaired) electrons. The van der Waals surface area contributed by atoms with Crippen LogP contribution in [0.4, 0.5) is 0 Å². The van der Waals surface area contributed by atoms with Gasteiger partial charge in [0, 0.05) is 22.8 Å². The molecule has 0 atom stereocenters. The molecule has 0 saturated heterocycles. The van der Waals surface area contributed by atoms with Crippen molar-refractivity contribution in [2.45, 2.75) is 336 Å². The van der Waals surface area contributed by atoms with Gasteiger partial charge in [0.05, 0.1) is 0 Å². The van der Waals surface area contributed by atoms with Crippen molar-refractivity contribution in [1.29, 1.82) is 0 Å². The first-order valence-corrected chi connectivity index (χ1v) is 31.7. The van der Waals surface area contributed by atoms with Crippen LogP contribution in [0.2, 0.25) is 0 Å². The van der Waals surface area contributed by atoms with Crippen molar-refractivity contribution in [3.63, 3.8) is 0 Å². The molecule has 0 bridgehead atoms. The van der Waals surface area contributed by atoms with Crippen LogP contribution < -0.4 is 0 Å². The maximum Gasteiger partial charge on any atom is 0.210 e. The summed E-state index contributed by atoms with van der Waals surface area (Å²) in [5, 5.41) is 0. The van der Waals surface area contributed by atoms with Crippen LogP contribution in [0, 0.1) is 0 Å². The van der Waals surface area contributed by atoms with E-state index in [0.29, 0.717) is 0 Å². The Balaban J connectivity index is 1.54. The van der Waals surface area contributed by atoms with E-state index in [2.05, 4.69) is 77.1 Å². The number of unbranched alkanes of at least 4 members (excludes halogenated alkanes) is 37. The zero-order valence-electron chi connectivity index (χ0n) is 47.7. The van der Waals surface area contributed by atoms with Crippen LogP contribution in [0.3, 0.4) is 0 Å². The monoisotopic (exact) mass is 961 g/mol. The van der Waals surface area contributed by atoms with E-state index in [0.717, 1.165) is 56.3 Å². The molecule has 2 heteroatoms. The fourth-order valence-electron chi connectivity index (χ4n) is 11.3. The molecule has 0 spiro atoms. The van der Waals surface area contributed by atoms with Crippen LogP contribution in [0.15, 0.2) is 48.0 Å². The Hall–Kier alpha value is -2.48. The van der Waals surface area contributed by atoms with Gasteiger partial charge in [-0.1, -0.05) is 284 Å². The highest BCUT2D eigenvalue weighted by molar-refractivity contribution is 5.79. The van der Waals surface area contributed by atoms with Gasteiger partial charge < -0.3 is 5.53 Å². The third-order valence-electron chi connectivity index (χ3n) is 15.8. The van der Waals surface area contributed by atoms with Gasteiger partial charge in [-0.3, -0.25) is 0 Å². The summed E-state index contributed by atoms with van der Waals surface area (Å²) in [6.07, 6.45) is 65.7. The molecule has 398 valence electrons. The Bertz CT molecular complexity index is 1640. The molecule has 2 aromatic rings. The van der Waals surface area contributed by atoms with Crippen molar-refractivity contribution in [1.82, 2.24) is 0 Å². The lowest BCUT2D eigenvalue weighted by atomic mass is 9.94. The van der Waals surface area contributed by atoms with Gasteiger partial charge in [-0.2, -0.15) is 0 Å². The van der Waals surface area contributed by atoms with E-state index in [-0.39, 0.29) is 0 Å². The van der Waals surface area contributed by atoms with Crippen molar-refractivity contribution >= 4 is 11.4 Å². The van der Waals surface area contributed by atoms with Gasteiger partial charge in [-0.05, 0) is 111 Å². The largest absolute Gasteiger partial charge is 0.493 e. The molecule has 0 aromatic heterocycles. The Morgan fingerprint density at radius 3 is 0.814 bits per heavy atom. The standard InChI is InChI=1S/C68H116N2/c1-6-11-16-18-20-22-24-26-28-30-32-34-36-38-40-42-46-50-61-53-60(48-44-13-8-3)55-65(56-61)67-59-64(52-15-10-5)68(70(67)69)66-57-62(49-45-14-9-4)54-63(58-66)51-47-43-41-39-37-35-33-31-29-27-25-23-21-19-17-12-7-2/h53-59H,6-52H2,1-5H3. The highest BCUT2D eigenvalue weighted by atomic mass is 15.2. The molecular weight excluding hydrogens is 845 g/mol. The molecular formula is C68H116N2. The first-order valence-electron chi connectivity index (χ1n) is 31.7. The topological polar surface area (TPSA) is 25.3 Å². The smallest absolute Gasteiger partial charge is 0.210 e. The molecule has 1 heterocycles. The van der Waals surface area contributed by atoms with Crippen molar-refractivity contribution in [3.8, 4) is 0 Å². The fourth-order valence-corrected chi connectivity index (χ4v) is 11.3. The summed E-state index contributed by atoms with van der Waals surface area (Å²) in [5.41, 5.74) is 23.9. The Kier molecular flexibility index (Phi) is 37.9. The third-order valence-corrected chi connectivity index (χ3v) is 15.8. The normalized spacial score (nSPS) is 12.8. The quantitative estimate of drug-likeness (QED) is 0.0466. The van der Waals surface area contributed by atoms with Crippen LogP contribution in [-0.2, 0) is 25.7 Å². The highest BCUT2D eigenvalue weighted by Gasteiger charge is 2.30. The molecule has 0 amide bonds. The summed E-state index contributed by atoms with van der Waals surface area (Å²) in [5.74, 6) is 0. The molecule has 2 aromatic carbocycles. The van der Waals surface area contributed by atoms with Gasteiger partial charge in [0.15, 0.2) is 0 Å². The van der Waals surface area contributed by atoms with Gasteiger partial charge in [0.1, 0.15) is 0 Å². The third kappa shape index (κ3) is 28.7. The zero-order valence-corrected chi connectivity index (χ0v) is 47.7. The second kappa shape index (κ2) is 43.0. The minimum atomic E-state index is 0.980. The molecule has 0 unspecified atom stereocenters. The maximum atomic E-state index is 12.4. The molecule has 0 saturated carbocycles. The average molecular weight is 962 g/mol. The number of allylic oxidation sites excluding steroid dienone is 2. The lowest BCUT2D eigenvalue weighted by Crippen LogP contribution is -2.05. The highest BCUT2D eigenvalue weighted by Crippen LogP contribution is 2.39. The zero-order chi connectivity index (χ0) is 50.0. The van der Waals surface area contributed by atoms with E-state index in [1.807, 2.05) is 0 Å². The summed E-state index contributed by atoms with van der Waals surface area (Å²) in [4.78, 5) is 0. The van der Waals surface area contributed by atoms with Crippen LogP contribution in [0.25, 0.3) is 16.9 Å². The summed E-state index contributed by atoms with van der Waals surface area (Å²) < 4.78 is 1.61. The van der Waals surface area contributed by atoms with Crippen molar-refractivity contribution in [2.24, 2.45) is 0 Å². The van der Waals surface area contributed by atoms with E-state index < -0.39 is 0 Å². The van der Waals surface area contributed by atoms with E-state index in [1.165, 1.54) is 296 Å². The summed E-state index contributed by atoms with van der Waals surface area (Å²) in [6, 6.07) is 14.7. The van der Waals surface area contributed by atoms with Crippen LogP contribution in [-0.4, -0.2) is 4.70 Å². The Morgan fingerprint density at radius 2 is 0.514 bits per heavy atom.